The molecule has 4 heteroatoms. The highest BCUT2D eigenvalue weighted by Gasteiger charge is 2.18. The van der Waals surface area contributed by atoms with Gasteiger partial charge in [0.15, 0.2) is 0 Å². The average Bonchev–Trinajstić information content (AvgIpc) is 2.17. The molecule has 0 N–H and O–H groups in total. The molecule has 0 saturated carbocycles. The minimum Gasteiger partial charge on any atom is -0.312 e. The van der Waals surface area contributed by atoms with Gasteiger partial charge in [0.05, 0.1) is 0 Å². The van der Waals surface area contributed by atoms with Crippen molar-refractivity contribution in [3.63, 3.8) is 0 Å². The van der Waals surface area contributed by atoms with Gasteiger partial charge in [-0.05, 0) is 12.1 Å². The van der Waals surface area contributed by atoms with Crippen LogP contribution in [-0.2, 0) is 4.79 Å². The van der Waals surface area contributed by atoms with Gasteiger partial charge in [-0.15, -0.1) is 0 Å². The fraction of sp³-hybridized carbons (Fsp3) is 0.222. The molecule has 0 spiro atoms. The molecule has 2 nitrogen and oxygen atoms in total. The summed E-state index contributed by atoms with van der Waals surface area (Å²) in [4.78, 5) is 12.2. The molecule has 1 atom stereocenters. The van der Waals surface area contributed by atoms with Gasteiger partial charge in [-0.3, -0.25) is 4.79 Å². The molecule has 0 saturated heterocycles. The number of alkyl halides is 2. The van der Waals surface area contributed by atoms with Crippen molar-refractivity contribution in [1.82, 2.24) is 0 Å². The Morgan fingerprint density at radius 1 is 1.46 bits per heavy atom. The maximum absolute atomic E-state index is 12.4. The van der Waals surface area contributed by atoms with Crippen LogP contribution in [0.3, 0.4) is 0 Å². The third-order valence-electron chi connectivity index (χ3n) is 1.66. The van der Waals surface area contributed by atoms with Crippen LogP contribution in [0.25, 0.3) is 0 Å². The Bertz CT molecular complexity index is 289. The van der Waals surface area contributed by atoms with Crippen molar-refractivity contribution in [1.29, 1.82) is 0 Å². The third kappa shape index (κ3) is 2.42. The molecule has 0 aliphatic carbocycles. The van der Waals surface area contributed by atoms with Crippen molar-refractivity contribution < 1.29 is 9.18 Å². The topological polar surface area (TPSA) is 20.3 Å². The highest BCUT2D eigenvalue weighted by molar-refractivity contribution is 6.31. The lowest BCUT2D eigenvalue weighted by molar-refractivity contribution is -0.120. The van der Waals surface area contributed by atoms with Crippen LogP contribution >= 0.6 is 11.6 Å². The van der Waals surface area contributed by atoms with E-state index in [2.05, 4.69) is 0 Å². The first-order chi connectivity index (χ1) is 6.13. The fourth-order valence-corrected chi connectivity index (χ4v) is 1.07. The first kappa shape index (κ1) is 9.99. The number of carbonyl (C=O) groups is 1. The van der Waals surface area contributed by atoms with Gasteiger partial charge in [0.2, 0.25) is 0 Å². The van der Waals surface area contributed by atoms with Crippen LogP contribution in [0.4, 0.5) is 10.1 Å². The monoisotopic (exact) mass is 201 g/mol. The maximum Gasteiger partial charge on any atom is 0.276 e. The highest BCUT2D eigenvalue weighted by atomic mass is 35.5. The molecule has 0 aliphatic rings. The number of halogens is 2. The van der Waals surface area contributed by atoms with E-state index in [0.29, 0.717) is 5.69 Å². The highest BCUT2D eigenvalue weighted by Crippen LogP contribution is 2.14. The number of nitrogens with zero attached hydrogens (tertiary/aromatic N) is 1. The quantitative estimate of drug-likeness (QED) is 0.672. The Kier molecular flexibility index (Phi) is 3.25. The number of carbonyl (C=O) groups excluding carboxylic acids is 1. The Balaban J connectivity index is 2.80. The Morgan fingerprint density at radius 3 is 2.46 bits per heavy atom. The van der Waals surface area contributed by atoms with E-state index >= 15 is 0 Å². The van der Waals surface area contributed by atoms with Gasteiger partial charge in [0.25, 0.3) is 11.5 Å². The average molecular weight is 202 g/mol. The molecule has 1 aromatic rings. The minimum atomic E-state index is -1.98. The summed E-state index contributed by atoms with van der Waals surface area (Å²) in [6, 6.07) is 8.75. The lowest BCUT2D eigenvalue weighted by atomic mass is 10.3. The number of benzene rings is 1. The van der Waals surface area contributed by atoms with Crippen molar-refractivity contribution >= 4 is 23.2 Å². The molecule has 70 valence electrons. The zero-order chi connectivity index (χ0) is 9.84. The summed E-state index contributed by atoms with van der Waals surface area (Å²) in [7, 11) is 1.48. The van der Waals surface area contributed by atoms with E-state index in [1.54, 1.807) is 24.3 Å². The third-order valence-corrected chi connectivity index (χ3v) is 1.85. The number of para-hydroxylation sites is 1. The van der Waals surface area contributed by atoms with Crippen LogP contribution in [-0.4, -0.2) is 18.6 Å². The number of anilines is 1. The SMILES string of the molecule is CN(C(=O)C(F)Cl)c1ccccc1. The van der Waals surface area contributed by atoms with Crippen molar-refractivity contribution in [3.8, 4) is 0 Å². The maximum atomic E-state index is 12.4. The standard InChI is InChI=1S/C9H9ClFNO/c1-12(9(13)8(10)11)7-5-3-2-4-6-7/h2-6,8H,1H3. The molecule has 1 amide bonds. The molecule has 0 radical (unpaired) electrons. The van der Waals surface area contributed by atoms with Crippen molar-refractivity contribution in [2.24, 2.45) is 0 Å². The molecule has 0 aromatic heterocycles. The lowest BCUT2D eigenvalue weighted by Gasteiger charge is -2.16. The second-order valence-electron chi connectivity index (χ2n) is 2.53. The number of hydrogen-bond acceptors (Lipinski definition) is 1. The molecule has 0 fully saturated rings. The Labute approximate surface area is 80.9 Å². The fourth-order valence-electron chi connectivity index (χ4n) is 0.925. The van der Waals surface area contributed by atoms with E-state index < -0.39 is 11.5 Å². The van der Waals surface area contributed by atoms with Gasteiger partial charge < -0.3 is 4.90 Å². The van der Waals surface area contributed by atoms with Crippen molar-refractivity contribution in [2.75, 3.05) is 11.9 Å². The van der Waals surface area contributed by atoms with E-state index in [4.69, 9.17) is 11.6 Å². The number of hydrogen-bond donors (Lipinski definition) is 0. The minimum absolute atomic E-state index is 0.621. The number of rotatable bonds is 2. The molecule has 13 heavy (non-hydrogen) atoms. The van der Waals surface area contributed by atoms with E-state index in [1.165, 1.54) is 11.9 Å². The second-order valence-corrected chi connectivity index (χ2v) is 2.92. The van der Waals surface area contributed by atoms with Crippen LogP contribution in [0.2, 0.25) is 0 Å². The smallest absolute Gasteiger partial charge is 0.276 e. The summed E-state index contributed by atoms with van der Waals surface area (Å²) in [6.07, 6.45) is 0. The van der Waals surface area contributed by atoms with E-state index in [-0.39, 0.29) is 0 Å². The Hall–Kier alpha value is -1.09. The molecule has 1 rings (SSSR count). The van der Waals surface area contributed by atoms with Crippen LogP contribution in [0.5, 0.6) is 0 Å². The lowest BCUT2D eigenvalue weighted by Crippen LogP contribution is -2.31. The molecular weight excluding hydrogens is 193 g/mol. The summed E-state index contributed by atoms with van der Waals surface area (Å²) in [5, 5.41) is 0. The van der Waals surface area contributed by atoms with Gasteiger partial charge in [-0.25, -0.2) is 4.39 Å². The molecule has 1 aromatic carbocycles. The molecular formula is C9H9ClFNO. The predicted molar refractivity (Wildman–Crippen MR) is 50.6 cm³/mol. The molecule has 0 heterocycles. The van der Waals surface area contributed by atoms with Crippen molar-refractivity contribution in [3.05, 3.63) is 30.3 Å². The van der Waals surface area contributed by atoms with Crippen LogP contribution < -0.4 is 4.90 Å². The summed E-state index contributed by atoms with van der Waals surface area (Å²) in [5.41, 5.74) is -1.36. The first-order valence-electron chi connectivity index (χ1n) is 3.73. The van der Waals surface area contributed by atoms with E-state index in [0.717, 1.165) is 0 Å². The van der Waals surface area contributed by atoms with E-state index in [9.17, 15) is 9.18 Å². The number of amides is 1. The van der Waals surface area contributed by atoms with Gasteiger partial charge in [0.1, 0.15) is 0 Å². The van der Waals surface area contributed by atoms with Crippen LogP contribution in [0, 0.1) is 0 Å². The van der Waals surface area contributed by atoms with Crippen LogP contribution in [0.15, 0.2) is 30.3 Å². The summed E-state index contributed by atoms with van der Waals surface area (Å²) in [5.74, 6) is -0.757. The summed E-state index contributed by atoms with van der Waals surface area (Å²) >= 11 is 5.02. The zero-order valence-electron chi connectivity index (χ0n) is 7.08. The zero-order valence-corrected chi connectivity index (χ0v) is 7.83. The van der Waals surface area contributed by atoms with Gasteiger partial charge >= 0.3 is 0 Å². The predicted octanol–water partition coefficient (Wildman–Crippen LogP) is 2.18. The van der Waals surface area contributed by atoms with Gasteiger partial charge in [0, 0.05) is 12.7 Å². The second kappa shape index (κ2) is 4.23. The molecule has 1 unspecified atom stereocenters. The molecule has 0 aliphatic heterocycles. The summed E-state index contributed by atoms with van der Waals surface area (Å²) in [6.45, 7) is 0. The van der Waals surface area contributed by atoms with Gasteiger partial charge in [-0.2, -0.15) is 0 Å². The van der Waals surface area contributed by atoms with Crippen molar-refractivity contribution in [2.45, 2.75) is 5.63 Å². The summed E-state index contributed by atoms with van der Waals surface area (Å²) < 4.78 is 12.4. The molecule has 0 bridgehead atoms. The first-order valence-corrected chi connectivity index (χ1v) is 4.17. The van der Waals surface area contributed by atoms with Gasteiger partial charge in [-0.1, -0.05) is 29.8 Å². The Morgan fingerprint density at radius 2 is 2.00 bits per heavy atom. The normalized spacial score (nSPS) is 12.2. The van der Waals surface area contributed by atoms with E-state index in [1.807, 2.05) is 6.07 Å². The largest absolute Gasteiger partial charge is 0.312 e. The van der Waals surface area contributed by atoms with Crippen LogP contribution in [0.1, 0.15) is 0 Å².